The molecule has 0 spiro atoms. The molecule has 1 unspecified atom stereocenters. The molecule has 0 radical (unpaired) electrons. The number of esters is 1. The molecule has 0 N–H and O–H groups in total. The number of allylic oxidation sites excluding steroid dienone is 1. The van der Waals surface area contributed by atoms with Crippen molar-refractivity contribution >= 4 is 5.97 Å². The van der Waals surface area contributed by atoms with Crippen LogP contribution in [0.1, 0.15) is 11.5 Å². The van der Waals surface area contributed by atoms with E-state index in [1.807, 2.05) is 18.2 Å². The summed E-state index contributed by atoms with van der Waals surface area (Å²) < 4.78 is 5.09. The second kappa shape index (κ2) is 3.14. The molecule has 2 heteroatoms. The van der Waals surface area contributed by atoms with Gasteiger partial charge in [-0.1, -0.05) is 30.9 Å². The van der Waals surface area contributed by atoms with Gasteiger partial charge >= 0.3 is 5.97 Å². The topological polar surface area (TPSA) is 26.3 Å². The van der Waals surface area contributed by atoms with Crippen molar-refractivity contribution in [3.05, 3.63) is 54.6 Å². The maximum atomic E-state index is 11.4. The molecule has 1 aliphatic heterocycles. The molecule has 70 valence electrons. The lowest BCUT2D eigenvalue weighted by Crippen LogP contribution is -2.21. The molecule has 1 aromatic carbocycles. The van der Waals surface area contributed by atoms with Crippen LogP contribution in [0.2, 0.25) is 0 Å². The van der Waals surface area contributed by atoms with Crippen molar-refractivity contribution in [1.82, 2.24) is 0 Å². The van der Waals surface area contributed by atoms with Crippen LogP contribution in [-0.4, -0.2) is 5.97 Å². The second-order valence-corrected chi connectivity index (χ2v) is 3.17. The maximum absolute atomic E-state index is 11.4. The molecule has 1 heterocycles. The van der Waals surface area contributed by atoms with Crippen molar-refractivity contribution < 1.29 is 9.53 Å². The van der Waals surface area contributed by atoms with Gasteiger partial charge in [0.05, 0.1) is 0 Å². The fraction of sp³-hybridized carbons (Fsp3) is 0.0833. The minimum atomic E-state index is -0.367. The van der Waals surface area contributed by atoms with Gasteiger partial charge in [0.2, 0.25) is 0 Å². The van der Waals surface area contributed by atoms with Gasteiger partial charge in [0.25, 0.3) is 0 Å². The van der Waals surface area contributed by atoms with E-state index in [4.69, 9.17) is 4.74 Å². The Morgan fingerprint density at radius 2 is 2.07 bits per heavy atom. The van der Waals surface area contributed by atoms with E-state index in [-0.39, 0.29) is 11.9 Å². The number of para-hydroxylation sites is 1. The number of carbonyl (C=O) groups excluding carboxylic acids is 1. The third-order valence-electron chi connectivity index (χ3n) is 2.33. The van der Waals surface area contributed by atoms with Crippen LogP contribution < -0.4 is 4.74 Å². The Hall–Kier alpha value is -1.83. The van der Waals surface area contributed by atoms with E-state index in [1.54, 1.807) is 12.1 Å². The van der Waals surface area contributed by atoms with Crippen LogP contribution >= 0.6 is 0 Å². The average Bonchev–Trinajstić information content (AvgIpc) is 2.20. The van der Waals surface area contributed by atoms with Gasteiger partial charge in [-0.25, -0.2) is 4.79 Å². The van der Waals surface area contributed by atoms with E-state index in [1.165, 1.54) is 0 Å². The smallest absolute Gasteiger partial charge is 0.339 e. The second-order valence-electron chi connectivity index (χ2n) is 3.17. The van der Waals surface area contributed by atoms with E-state index < -0.39 is 0 Å². The molecule has 0 bridgehead atoms. The predicted octanol–water partition coefficient (Wildman–Crippen LogP) is 2.43. The number of benzene rings is 1. The molecule has 1 atom stereocenters. The maximum Gasteiger partial charge on any atom is 0.339 e. The Morgan fingerprint density at radius 1 is 1.36 bits per heavy atom. The molecule has 0 amide bonds. The van der Waals surface area contributed by atoms with Crippen LogP contribution in [0.3, 0.4) is 0 Å². The van der Waals surface area contributed by atoms with Gasteiger partial charge in [0, 0.05) is 17.1 Å². The van der Waals surface area contributed by atoms with Crippen molar-refractivity contribution in [2.24, 2.45) is 0 Å². The van der Waals surface area contributed by atoms with Crippen molar-refractivity contribution in [2.45, 2.75) is 5.92 Å². The zero-order valence-electron chi connectivity index (χ0n) is 7.69. The van der Waals surface area contributed by atoms with Crippen LogP contribution in [0, 0.1) is 0 Å². The SMILES string of the molecule is C=CC1C(=C)C(=O)Oc2ccccc21. The van der Waals surface area contributed by atoms with Crippen LogP contribution in [0.25, 0.3) is 0 Å². The number of rotatable bonds is 1. The van der Waals surface area contributed by atoms with Gasteiger partial charge in [-0.3, -0.25) is 0 Å². The molecule has 1 aliphatic rings. The van der Waals surface area contributed by atoms with E-state index in [2.05, 4.69) is 13.2 Å². The highest BCUT2D eigenvalue weighted by molar-refractivity contribution is 5.94. The minimum Gasteiger partial charge on any atom is -0.423 e. The summed E-state index contributed by atoms with van der Waals surface area (Å²) in [7, 11) is 0. The fourth-order valence-corrected chi connectivity index (χ4v) is 1.58. The highest BCUT2D eigenvalue weighted by Crippen LogP contribution is 2.36. The number of fused-ring (bicyclic) bond motifs is 1. The quantitative estimate of drug-likeness (QED) is 0.291. The molecule has 1 aromatic rings. The molecule has 0 saturated heterocycles. The van der Waals surface area contributed by atoms with Gasteiger partial charge in [0.15, 0.2) is 0 Å². The lowest BCUT2D eigenvalue weighted by Gasteiger charge is -2.23. The Labute approximate surface area is 82.5 Å². The van der Waals surface area contributed by atoms with Gasteiger partial charge in [-0.05, 0) is 6.07 Å². The molecule has 0 aliphatic carbocycles. The minimum absolute atomic E-state index is 0.118. The summed E-state index contributed by atoms with van der Waals surface area (Å²) in [5.41, 5.74) is 1.39. The first-order chi connectivity index (χ1) is 6.74. The third-order valence-corrected chi connectivity index (χ3v) is 2.33. The highest BCUT2D eigenvalue weighted by atomic mass is 16.5. The van der Waals surface area contributed by atoms with Crippen LogP contribution in [0.15, 0.2) is 49.1 Å². The summed E-state index contributed by atoms with van der Waals surface area (Å²) in [6.07, 6.45) is 1.71. The van der Waals surface area contributed by atoms with Crippen molar-refractivity contribution in [3.63, 3.8) is 0 Å². The largest absolute Gasteiger partial charge is 0.423 e. The first kappa shape index (κ1) is 8.75. The number of carbonyl (C=O) groups is 1. The van der Waals surface area contributed by atoms with Crippen LogP contribution in [0.5, 0.6) is 5.75 Å². The van der Waals surface area contributed by atoms with Crippen molar-refractivity contribution in [2.75, 3.05) is 0 Å². The lowest BCUT2D eigenvalue weighted by atomic mass is 9.89. The number of hydrogen-bond acceptors (Lipinski definition) is 2. The zero-order valence-corrected chi connectivity index (χ0v) is 7.69. The summed E-state index contributed by atoms with van der Waals surface area (Å²) in [5, 5.41) is 0. The molecular formula is C12H10O2. The molecular weight excluding hydrogens is 176 g/mol. The standard InChI is InChI=1S/C12H10O2/c1-3-9-8(2)12(13)14-11-7-5-4-6-10(9)11/h3-7,9H,1-2H2. The van der Waals surface area contributed by atoms with Crippen molar-refractivity contribution in [1.29, 1.82) is 0 Å². The summed E-state index contributed by atoms with van der Waals surface area (Å²) >= 11 is 0. The Bertz CT molecular complexity index is 418. The zero-order chi connectivity index (χ0) is 10.1. The average molecular weight is 186 g/mol. The fourth-order valence-electron chi connectivity index (χ4n) is 1.58. The van der Waals surface area contributed by atoms with Gasteiger partial charge in [0.1, 0.15) is 5.75 Å². The first-order valence-corrected chi connectivity index (χ1v) is 4.36. The molecule has 0 saturated carbocycles. The van der Waals surface area contributed by atoms with E-state index >= 15 is 0 Å². The molecule has 0 aromatic heterocycles. The summed E-state index contributed by atoms with van der Waals surface area (Å²) in [6.45, 7) is 7.40. The molecule has 14 heavy (non-hydrogen) atoms. The van der Waals surface area contributed by atoms with Crippen LogP contribution in [-0.2, 0) is 4.79 Å². The monoisotopic (exact) mass is 186 g/mol. The third kappa shape index (κ3) is 1.16. The van der Waals surface area contributed by atoms with E-state index in [0.29, 0.717) is 11.3 Å². The normalized spacial score (nSPS) is 19.9. The van der Waals surface area contributed by atoms with Crippen LogP contribution in [0.4, 0.5) is 0 Å². The number of ether oxygens (including phenoxy) is 1. The summed E-state index contributed by atoms with van der Waals surface area (Å²) in [6, 6.07) is 7.43. The molecule has 0 fully saturated rings. The van der Waals surface area contributed by atoms with E-state index in [0.717, 1.165) is 5.56 Å². The Kier molecular flexibility index (Phi) is 1.97. The van der Waals surface area contributed by atoms with E-state index in [9.17, 15) is 4.79 Å². The Balaban J connectivity index is 2.58. The lowest BCUT2D eigenvalue weighted by molar-refractivity contribution is -0.131. The number of hydrogen-bond donors (Lipinski definition) is 0. The van der Waals surface area contributed by atoms with Gasteiger partial charge in [-0.2, -0.15) is 0 Å². The molecule has 2 rings (SSSR count). The Morgan fingerprint density at radius 3 is 2.79 bits per heavy atom. The summed E-state index contributed by atoms with van der Waals surface area (Å²) in [5.74, 6) is 0.121. The first-order valence-electron chi connectivity index (χ1n) is 4.36. The van der Waals surface area contributed by atoms with Gasteiger partial charge in [-0.15, -0.1) is 6.58 Å². The summed E-state index contributed by atoms with van der Waals surface area (Å²) in [4.78, 5) is 11.4. The predicted molar refractivity (Wildman–Crippen MR) is 54.2 cm³/mol. The van der Waals surface area contributed by atoms with Gasteiger partial charge < -0.3 is 4.74 Å². The molecule has 2 nitrogen and oxygen atoms in total. The van der Waals surface area contributed by atoms with Crippen molar-refractivity contribution in [3.8, 4) is 5.75 Å². The highest BCUT2D eigenvalue weighted by Gasteiger charge is 2.28.